The summed E-state index contributed by atoms with van der Waals surface area (Å²) in [6.45, 7) is 3.00. The maximum Gasteiger partial charge on any atom is 0.249 e. The molecule has 0 bridgehead atoms. The van der Waals surface area contributed by atoms with E-state index in [1.54, 1.807) is 7.11 Å². The lowest BCUT2D eigenvalue weighted by Gasteiger charge is -2.15. The van der Waals surface area contributed by atoms with Gasteiger partial charge in [-0.1, -0.05) is 5.16 Å². The summed E-state index contributed by atoms with van der Waals surface area (Å²) in [7, 11) is 1.65. The van der Waals surface area contributed by atoms with Crippen molar-refractivity contribution in [1.29, 1.82) is 0 Å². The van der Waals surface area contributed by atoms with Crippen LogP contribution in [0.1, 0.15) is 17.9 Å². The van der Waals surface area contributed by atoms with E-state index in [2.05, 4.69) is 10.1 Å². The molecule has 0 aliphatic carbocycles. The topological polar surface area (TPSA) is 83.4 Å². The zero-order valence-electron chi connectivity index (χ0n) is 11.5. The molecule has 0 saturated carbocycles. The van der Waals surface area contributed by atoms with Gasteiger partial charge in [-0.25, -0.2) is 0 Å². The number of benzene rings is 1. The molecular formula is C14H17N3O3. The lowest BCUT2D eigenvalue weighted by molar-refractivity contribution is 0.166. The van der Waals surface area contributed by atoms with Crippen molar-refractivity contribution in [3.63, 3.8) is 0 Å². The second kappa shape index (κ2) is 4.88. The molecule has 1 aromatic carbocycles. The van der Waals surface area contributed by atoms with E-state index in [4.69, 9.17) is 19.7 Å². The number of nitrogens with two attached hydrogens (primary N) is 1. The van der Waals surface area contributed by atoms with Gasteiger partial charge in [0.15, 0.2) is 0 Å². The van der Waals surface area contributed by atoms with Crippen molar-refractivity contribution in [3.8, 4) is 17.1 Å². The summed E-state index contributed by atoms with van der Waals surface area (Å²) < 4.78 is 15.9. The normalized spacial score (nSPS) is 22.1. The van der Waals surface area contributed by atoms with E-state index >= 15 is 0 Å². The van der Waals surface area contributed by atoms with Gasteiger partial charge in [0.1, 0.15) is 11.3 Å². The Kier molecular flexibility index (Phi) is 3.19. The highest BCUT2D eigenvalue weighted by Gasteiger charge is 2.38. The molecule has 1 unspecified atom stereocenters. The van der Waals surface area contributed by atoms with Crippen LogP contribution in [0.25, 0.3) is 11.4 Å². The first-order valence-corrected chi connectivity index (χ1v) is 6.48. The highest BCUT2D eigenvalue weighted by Crippen LogP contribution is 2.29. The van der Waals surface area contributed by atoms with E-state index in [0.717, 1.165) is 16.9 Å². The van der Waals surface area contributed by atoms with Gasteiger partial charge in [0.05, 0.1) is 13.7 Å². The second-order valence-corrected chi connectivity index (χ2v) is 5.07. The molecule has 0 radical (unpaired) electrons. The van der Waals surface area contributed by atoms with Gasteiger partial charge in [-0.15, -0.1) is 0 Å². The van der Waals surface area contributed by atoms with Crippen molar-refractivity contribution in [2.75, 3.05) is 20.3 Å². The first kappa shape index (κ1) is 13.1. The van der Waals surface area contributed by atoms with Crippen LogP contribution in [-0.2, 0) is 10.3 Å². The molecule has 20 heavy (non-hydrogen) atoms. The molecule has 1 aromatic heterocycles. The van der Waals surface area contributed by atoms with Gasteiger partial charge in [-0.2, -0.15) is 4.98 Å². The Balaban J connectivity index is 1.92. The minimum Gasteiger partial charge on any atom is -0.496 e. The molecule has 1 atom stereocenters. The highest BCUT2D eigenvalue weighted by atomic mass is 16.5. The van der Waals surface area contributed by atoms with Gasteiger partial charge < -0.3 is 19.7 Å². The van der Waals surface area contributed by atoms with E-state index in [9.17, 15) is 0 Å². The Labute approximate surface area is 116 Å². The van der Waals surface area contributed by atoms with Crippen LogP contribution in [0.3, 0.4) is 0 Å². The minimum absolute atomic E-state index is 0.413. The number of nitrogens with zero attached hydrogens (tertiary/aromatic N) is 2. The zero-order chi connectivity index (χ0) is 14.2. The molecule has 1 saturated heterocycles. The maximum atomic E-state index is 6.21. The van der Waals surface area contributed by atoms with Crippen LogP contribution in [0.15, 0.2) is 22.7 Å². The average Bonchev–Trinajstić information content (AvgIpc) is 3.08. The molecule has 2 heterocycles. The Hall–Kier alpha value is -1.92. The Morgan fingerprint density at radius 3 is 2.90 bits per heavy atom. The third-order valence-corrected chi connectivity index (χ3v) is 3.56. The molecule has 1 fully saturated rings. The molecule has 0 amide bonds. The molecule has 1 aliphatic rings. The molecular weight excluding hydrogens is 258 g/mol. The van der Waals surface area contributed by atoms with Crippen LogP contribution >= 0.6 is 0 Å². The summed E-state index contributed by atoms with van der Waals surface area (Å²) in [5, 5.41) is 4.01. The van der Waals surface area contributed by atoms with Gasteiger partial charge in [0, 0.05) is 12.2 Å². The number of aromatic nitrogens is 2. The van der Waals surface area contributed by atoms with Crippen LogP contribution in [0, 0.1) is 6.92 Å². The van der Waals surface area contributed by atoms with Crippen molar-refractivity contribution in [2.45, 2.75) is 18.9 Å². The van der Waals surface area contributed by atoms with Crippen molar-refractivity contribution in [3.05, 3.63) is 29.7 Å². The summed E-state index contributed by atoms with van der Waals surface area (Å²) in [6, 6.07) is 5.74. The van der Waals surface area contributed by atoms with Crippen molar-refractivity contribution in [1.82, 2.24) is 10.1 Å². The summed E-state index contributed by atoms with van der Waals surface area (Å²) in [6.07, 6.45) is 0.691. The largest absolute Gasteiger partial charge is 0.496 e. The number of ether oxygens (including phenoxy) is 2. The lowest BCUT2D eigenvalue weighted by atomic mass is 10.0. The standard InChI is InChI=1S/C14H17N3O3/c1-9-7-10(3-4-11(9)18-2)12-16-13(20-17-12)14(15)5-6-19-8-14/h3-4,7H,5-6,8,15H2,1-2H3. The van der Waals surface area contributed by atoms with E-state index in [1.165, 1.54) is 0 Å². The van der Waals surface area contributed by atoms with E-state index < -0.39 is 5.54 Å². The highest BCUT2D eigenvalue weighted by molar-refractivity contribution is 5.58. The van der Waals surface area contributed by atoms with Gasteiger partial charge in [0.2, 0.25) is 11.7 Å². The average molecular weight is 275 g/mol. The summed E-state index contributed by atoms with van der Waals surface area (Å²) in [4.78, 5) is 4.41. The predicted octanol–water partition coefficient (Wildman–Crippen LogP) is 1.63. The van der Waals surface area contributed by atoms with Crippen LogP contribution in [-0.4, -0.2) is 30.5 Å². The number of rotatable bonds is 3. The smallest absolute Gasteiger partial charge is 0.249 e. The van der Waals surface area contributed by atoms with E-state index in [0.29, 0.717) is 31.3 Å². The molecule has 6 heteroatoms. The predicted molar refractivity (Wildman–Crippen MR) is 72.3 cm³/mol. The van der Waals surface area contributed by atoms with Crippen molar-refractivity contribution < 1.29 is 14.0 Å². The van der Waals surface area contributed by atoms with E-state index in [-0.39, 0.29) is 0 Å². The number of methoxy groups -OCH3 is 1. The quantitative estimate of drug-likeness (QED) is 0.916. The molecule has 106 valence electrons. The van der Waals surface area contributed by atoms with Gasteiger partial charge in [0.25, 0.3) is 0 Å². The van der Waals surface area contributed by atoms with Gasteiger partial charge in [-0.05, 0) is 37.1 Å². The first-order chi connectivity index (χ1) is 9.62. The molecule has 2 N–H and O–H groups in total. The van der Waals surface area contributed by atoms with Crippen LogP contribution < -0.4 is 10.5 Å². The van der Waals surface area contributed by atoms with Gasteiger partial charge >= 0.3 is 0 Å². The van der Waals surface area contributed by atoms with E-state index in [1.807, 2.05) is 25.1 Å². The first-order valence-electron chi connectivity index (χ1n) is 6.48. The number of hydrogen-bond acceptors (Lipinski definition) is 6. The Morgan fingerprint density at radius 2 is 2.25 bits per heavy atom. The van der Waals surface area contributed by atoms with Crippen LogP contribution in [0.5, 0.6) is 5.75 Å². The third-order valence-electron chi connectivity index (χ3n) is 3.56. The third kappa shape index (κ3) is 2.17. The van der Waals surface area contributed by atoms with Crippen LogP contribution in [0.2, 0.25) is 0 Å². The lowest BCUT2D eigenvalue weighted by Crippen LogP contribution is -2.37. The van der Waals surface area contributed by atoms with Gasteiger partial charge in [-0.3, -0.25) is 0 Å². The van der Waals surface area contributed by atoms with Crippen molar-refractivity contribution >= 4 is 0 Å². The van der Waals surface area contributed by atoms with Crippen molar-refractivity contribution in [2.24, 2.45) is 5.73 Å². The fourth-order valence-electron chi connectivity index (χ4n) is 2.31. The fraction of sp³-hybridized carbons (Fsp3) is 0.429. The molecule has 6 nitrogen and oxygen atoms in total. The SMILES string of the molecule is COc1ccc(-c2noc(C3(N)CCOC3)n2)cc1C. The van der Waals surface area contributed by atoms with Crippen LogP contribution in [0.4, 0.5) is 0 Å². The minimum atomic E-state index is -0.660. The molecule has 0 spiro atoms. The summed E-state index contributed by atoms with van der Waals surface area (Å²) in [5.74, 6) is 1.79. The second-order valence-electron chi connectivity index (χ2n) is 5.07. The Morgan fingerprint density at radius 1 is 1.40 bits per heavy atom. The summed E-state index contributed by atoms with van der Waals surface area (Å²) >= 11 is 0. The Bertz CT molecular complexity index is 618. The fourth-order valence-corrected chi connectivity index (χ4v) is 2.31. The maximum absolute atomic E-state index is 6.21. The molecule has 1 aliphatic heterocycles. The zero-order valence-corrected chi connectivity index (χ0v) is 11.5. The molecule has 3 rings (SSSR count). The number of aryl methyl sites for hydroxylation is 1. The monoisotopic (exact) mass is 275 g/mol. The summed E-state index contributed by atoms with van der Waals surface area (Å²) in [5.41, 5.74) is 7.44. The number of hydrogen-bond donors (Lipinski definition) is 1. The molecule has 2 aromatic rings.